The average molecular weight is 684 g/mol. The first-order valence-corrected chi connectivity index (χ1v) is 15.5. The van der Waals surface area contributed by atoms with Gasteiger partial charge in [0.1, 0.15) is 23.9 Å². The number of rotatable bonds is 13. The highest BCUT2D eigenvalue weighted by Crippen LogP contribution is 2.48. The molecule has 3 atom stereocenters. The number of aliphatic hydroxyl groups excluding tert-OH is 1. The number of aliphatic hydroxyl groups is 2. The van der Waals surface area contributed by atoms with E-state index in [-0.39, 0.29) is 59.9 Å². The van der Waals surface area contributed by atoms with E-state index < -0.39 is 41.2 Å². The molecule has 0 fully saturated rings. The van der Waals surface area contributed by atoms with Gasteiger partial charge in [0.25, 0.3) is 5.91 Å². The first-order chi connectivity index (χ1) is 23.3. The van der Waals surface area contributed by atoms with Crippen molar-refractivity contribution in [3.05, 3.63) is 107 Å². The molecule has 5 rings (SSSR count). The van der Waals surface area contributed by atoms with Crippen LogP contribution in [0.5, 0.6) is 17.2 Å². The predicted octanol–water partition coefficient (Wildman–Crippen LogP) is 5.45. The molecular weight excluding hydrogens is 646 g/mol. The molecule has 13 heteroatoms. The van der Waals surface area contributed by atoms with Crippen molar-refractivity contribution in [2.75, 3.05) is 40.0 Å². The van der Waals surface area contributed by atoms with Crippen molar-refractivity contribution in [3.8, 4) is 28.5 Å². The Hall–Kier alpha value is -4.72. The molecule has 1 aromatic heterocycles. The Labute approximate surface area is 280 Å². The van der Waals surface area contributed by atoms with E-state index in [2.05, 4.69) is 15.6 Å². The topological polar surface area (TPSA) is 122 Å². The van der Waals surface area contributed by atoms with Gasteiger partial charge in [-0.1, -0.05) is 37.3 Å². The maximum absolute atomic E-state index is 14.9. The number of carbonyl (C=O) groups excluding carboxylic acids is 1. The molecule has 0 bridgehead atoms. The van der Waals surface area contributed by atoms with Crippen LogP contribution in [0.3, 0.4) is 0 Å². The third-order valence-corrected chi connectivity index (χ3v) is 8.55. The maximum atomic E-state index is 14.9. The van der Waals surface area contributed by atoms with Crippen LogP contribution in [0.4, 0.5) is 17.6 Å². The van der Waals surface area contributed by atoms with Crippen molar-refractivity contribution in [1.29, 1.82) is 0 Å². The Morgan fingerprint density at radius 3 is 2.43 bits per heavy atom. The van der Waals surface area contributed by atoms with E-state index in [1.165, 1.54) is 43.5 Å². The van der Waals surface area contributed by atoms with E-state index in [4.69, 9.17) is 19.3 Å². The Balaban J connectivity index is 1.51. The molecule has 1 aliphatic heterocycles. The summed E-state index contributed by atoms with van der Waals surface area (Å²) in [7, 11) is 1.32. The number of nitrogens with one attached hydrogen (secondary N) is 2. The number of carbonyl (C=O) groups is 1. The van der Waals surface area contributed by atoms with Gasteiger partial charge in [-0.25, -0.2) is 9.37 Å². The van der Waals surface area contributed by atoms with Crippen LogP contribution in [0.15, 0.2) is 78.9 Å². The third kappa shape index (κ3) is 7.48. The fourth-order valence-corrected chi connectivity index (χ4v) is 5.57. The Bertz CT molecular complexity index is 1770. The molecule has 3 aromatic carbocycles. The summed E-state index contributed by atoms with van der Waals surface area (Å²) >= 11 is 0. The van der Waals surface area contributed by atoms with Crippen molar-refractivity contribution in [2.45, 2.75) is 37.1 Å². The first kappa shape index (κ1) is 35.6. The quantitative estimate of drug-likeness (QED) is 0.137. The molecule has 0 saturated heterocycles. The van der Waals surface area contributed by atoms with Crippen LogP contribution < -0.4 is 24.8 Å². The zero-order valence-electron chi connectivity index (χ0n) is 27.1. The number of amides is 1. The summed E-state index contributed by atoms with van der Waals surface area (Å²) in [6.07, 6.45) is -5.29. The smallest absolute Gasteiger partial charge is 0.424 e. The molecule has 0 radical (unpaired) electrons. The van der Waals surface area contributed by atoms with Crippen LogP contribution in [0.25, 0.3) is 11.3 Å². The number of ether oxygens (including phenoxy) is 3. The van der Waals surface area contributed by atoms with E-state index in [9.17, 15) is 27.5 Å². The minimum atomic E-state index is -5.29. The molecule has 4 aromatic rings. The number of hydrogen-bond acceptors (Lipinski definition) is 8. The number of pyridine rings is 1. The third-order valence-electron chi connectivity index (χ3n) is 8.55. The number of aromatic nitrogens is 1. The Morgan fingerprint density at radius 1 is 1.06 bits per heavy atom. The second-order valence-corrected chi connectivity index (χ2v) is 12.1. The van der Waals surface area contributed by atoms with Crippen LogP contribution in [0.1, 0.15) is 47.1 Å². The molecule has 0 saturated carbocycles. The molecule has 260 valence electrons. The van der Waals surface area contributed by atoms with E-state index in [1.54, 1.807) is 0 Å². The number of halogens is 4. The molecule has 0 aliphatic carbocycles. The highest BCUT2D eigenvalue weighted by molar-refractivity contribution is 5.95. The Kier molecular flexibility index (Phi) is 10.5. The lowest BCUT2D eigenvalue weighted by molar-refractivity contribution is -0.265. The molecule has 9 nitrogen and oxygen atoms in total. The average Bonchev–Trinajstić information content (AvgIpc) is 3.44. The molecule has 4 N–H and O–H groups in total. The lowest BCUT2D eigenvalue weighted by Gasteiger charge is -2.32. The van der Waals surface area contributed by atoms with Gasteiger partial charge in [-0.3, -0.25) is 4.79 Å². The molecule has 1 amide bonds. The number of methoxy groups -OCH3 is 1. The predicted molar refractivity (Wildman–Crippen MR) is 173 cm³/mol. The molecular formula is C36H37F4N3O6. The number of benzene rings is 3. The van der Waals surface area contributed by atoms with Gasteiger partial charge in [-0.15, -0.1) is 0 Å². The molecule has 1 aliphatic rings. The molecule has 2 heterocycles. The monoisotopic (exact) mass is 683 g/mol. The van der Waals surface area contributed by atoms with Crippen molar-refractivity contribution in [3.63, 3.8) is 0 Å². The number of fused-ring (bicyclic) bond motifs is 1. The summed E-state index contributed by atoms with van der Waals surface area (Å²) in [6.45, 7) is 2.59. The van der Waals surface area contributed by atoms with E-state index in [1.807, 2.05) is 44.2 Å². The van der Waals surface area contributed by atoms with Crippen LogP contribution in [-0.4, -0.2) is 67.3 Å². The fourth-order valence-electron chi connectivity index (χ4n) is 5.57. The van der Waals surface area contributed by atoms with Crippen LogP contribution in [0.2, 0.25) is 0 Å². The van der Waals surface area contributed by atoms with Crippen molar-refractivity contribution < 1.29 is 46.8 Å². The van der Waals surface area contributed by atoms with E-state index in [0.29, 0.717) is 12.1 Å². The molecule has 0 spiro atoms. The standard InChI is InChI=1S/C36H37F4N3O6/c1-22(23-7-5-4-6-8-23)41-19-34(2)21-49-32-27(34)18-30(43-31(32)24-9-12-26(37)13-10-24)35(46,36(38,39)40)20-42-33(45)25-11-14-28(48-16-15-44)29(17-25)47-3/h4-14,17-18,22,41,44,46H,15-16,19-21H2,1-3H3,(H,42,45)/t22-,34+,35+/m0/s1. The lowest BCUT2D eigenvalue weighted by Crippen LogP contribution is -2.51. The largest absolute Gasteiger partial charge is 0.493 e. The van der Waals surface area contributed by atoms with Gasteiger partial charge in [0.05, 0.1) is 32.6 Å². The highest BCUT2D eigenvalue weighted by atomic mass is 19.4. The van der Waals surface area contributed by atoms with Crippen LogP contribution in [-0.2, 0) is 11.0 Å². The van der Waals surface area contributed by atoms with Gasteiger partial charge < -0.3 is 35.1 Å². The SMILES string of the molecule is COc1cc(C(=O)NC[C@@](O)(c2cc3c(c(-c4ccc(F)cc4)n2)OC[C@@]3(C)CN[C@@H](C)c2ccccc2)C(F)(F)F)ccc1OCCO. The van der Waals surface area contributed by atoms with Crippen molar-refractivity contribution in [1.82, 2.24) is 15.6 Å². The maximum Gasteiger partial charge on any atom is 0.424 e. The summed E-state index contributed by atoms with van der Waals surface area (Å²) < 4.78 is 75.2. The fraction of sp³-hybridized carbons (Fsp3) is 0.333. The summed E-state index contributed by atoms with van der Waals surface area (Å²) in [5, 5.41) is 26.1. The molecule has 0 unspecified atom stereocenters. The molecule has 49 heavy (non-hydrogen) atoms. The zero-order chi connectivity index (χ0) is 35.4. The number of nitrogens with zero attached hydrogens (tertiary/aromatic N) is 1. The van der Waals surface area contributed by atoms with E-state index >= 15 is 0 Å². The summed E-state index contributed by atoms with van der Waals surface area (Å²) in [5.74, 6) is -0.932. The van der Waals surface area contributed by atoms with Crippen molar-refractivity contribution in [2.24, 2.45) is 0 Å². The second kappa shape index (κ2) is 14.4. The summed E-state index contributed by atoms with van der Waals surface area (Å²) in [6, 6.07) is 19.7. The summed E-state index contributed by atoms with van der Waals surface area (Å²) in [5.41, 5.74) is -3.70. The minimum Gasteiger partial charge on any atom is -0.493 e. The van der Waals surface area contributed by atoms with Gasteiger partial charge >= 0.3 is 6.18 Å². The zero-order valence-corrected chi connectivity index (χ0v) is 27.1. The second-order valence-electron chi connectivity index (χ2n) is 12.1. The number of hydrogen-bond donors (Lipinski definition) is 4. The van der Waals surface area contributed by atoms with Gasteiger partial charge in [0.2, 0.25) is 5.60 Å². The Morgan fingerprint density at radius 2 is 1.78 bits per heavy atom. The van der Waals surface area contributed by atoms with Gasteiger partial charge in [-0.2, -0.15) is 13.2 Å². The minimum absolute atomic E-state index is 0.00969. The van der Waals surface area contributed by atoms with Crippen LogP contribution in [0, 0.1) is 5.82 Å². The summed E-state index contributed by atoms with van der Waals surface area (Å²) in [4.78, 5) is 17.4. The van der Waals surface area contributed by atoms with Gasteiger partial charge in [0.15, 0.2) is 11.5 Å². The number of alkyl halides is 3. The van der Waals surface area contributed by atoms with Crippen molar-refractivity contribution >= 4 is 5.91 Å². The van der Waals surface area contributed by atoms with Gasteiger partial charge in [0, 0.05) is 34.7 Å². The highest BCUT2D eigenvalue weighted by Gasteiger charge is 2.57. The first-order valence-electron chi connectivity index (χ1n) is 15.5. The van der Waals surface area contributed by atoms with Crippen LogP contribution >= 0.6 is 0 Å². The normalized spacial score (nSPS) is 17.4. The van der Waals surface area contributed by atoms with E-state index in [0.717, 1.165) is 17.7 Å². The van der Waals surface area contributed by atoms with Gasteiger partial charge in [-0.05, 0) is 61.0 Å². The lowest BCUT2D eigenvalue weighted by atomic mass is 9.82.